The van der Waals surface area contributed by atoms with Gasteiger partial charge >= 0.3 is 0 Å². The molecule has 3 rings (SSSR count). The number of nitrogens with zero attached hydrogens (tertiary/aromatic N) is 1. The lowest BCUT2D eigenvalue weighted by atomic mass is 10.1. The number of aromatic nitrogens is 1. The molecule has 1 aliphatic rings. The van der Waals surface area contributed by atoms with E-state index in [1.807, 2.05) is 12.1 Å². The smallest absolute Gasteiger partial charge is 0.214 e. The van der Waals surface area contributed by atoms with E-state index in [9.17, 15) is 0 Å². The molecular formula is C14H12Cl2N2O. The monoisotopic (exact) mass is 294 g/mol. The molecule has 0 spiro atoms. The average Bonchev–Trinajstić information content (AvgIpc) is 3.16. The molecule has 1 aromatic carbocycles. The summed E-state index contributed by atoms with van der Waals surface area (Å²) in [7, 11) is 0. The van der Waals surface area contributed by atoms with Crippen molar-refractivity contribution in [1.29, 1.82) is 0 Å². The van der Waals surface area contributed by atoms with E-state index in [1.165, 1.54) is 0 Å². The van der Waals surface area contributed by atoms with Gasteiger partial charge in [0.1, 0.15) is 5.60 Å². The SMILES string of the molecule is Nc1ccc(OC2(c3ccc(Cl)c(Cl)c3)CC2)nc1. The van der Waals surface area contributed by atoms with Crippen molar-refractivity contribution >= 4 is 28.9 Å². The Kier molecular flexibility index (Phi) is 3.03. The summed E-state index contributed by atoms with van der Waals surface area (Å²) in [5, 5.41) is 1.09. The minimum Gasteiger partial charge on any atom is -0.466 e. The summed E-state index contributed by atoms with van der Waals surface area (Å²) < 4.78 is 5.98. The van der Waals surface area contributed by atoms with E-state index < -0.39 is 0 Å². The number of rotatable bonds is 3. The van der Waals surface area contributed by atoms with Crippen LogP contribution in [0, 0.1) is 0 Å². The third-order valence-electron chi connectivity index (χ3n) is 3.21. The van der Waals surface area contributed by atoms with Crippen LogP contribution in [-0.2, 0) is 5.60 Å². The number of hydrogen-bond donors (Lipinski definition) is 1. The Morgan fingerprint density at radius 1 is 1.11 bits per heavy atom. The Morgan fingerprint density at radius 3 is 2.47 bits per heavy atom. The summed E-state index contributed by atoms with van der Waals surface area (Å²) in [4.78, 5) is 4.16. The molecule has 3 nitrogen and oxygen atoms in total. The van der Waals surface area contributed by atoms with Gasteiger partial charge in [-0.1, -0.05) is 29.3 Å². The topological polar surface area (TPSA) is 48.1 Å². The van der Waals surface area contributed by atoms with E-state index in [4.69, 9.17) is 33.7 Å². The first kappa shape index (κ1) is 12.6. The van der Waals surface area contributed by atoms with Crippen molar-refractivity contribution in [3.8, 4) is 5.88 Å². The Morgan fingerprint density at radius 2 is 1.89 bits per heavy atom. The predicted octanol–water partition coefficient (Wildman–Crippen LogP) is 4.04. The second kappa shape index (κ2) is 4.58. The first-order valence-corrected chi connectivity index (χ1v) is 6.71. The van der Waals surface area contributed by atoms with Crippen molar-refractivity contribution < 1.29 is 4.74 Å². The molecule has 0 radical (unpaired) electrons. The van der Waals surface area contributed by atoms with Gasteiger partial charge < -0.3 is 10.5 Å². The highest BCUT2D eigenvalue weighted by molar-refractivity contribution is 6.42. The van der Waals surface area contributed by atoms with Crippen LogP contribution in [0.2, 0.25) is 10.0 Å². The second-order valence-electron chi connectivity index (χ2n) is 4.66. The summed E-state index contributed by atoms with van der Waals surface area (Å²) in [6.45, 7) is 0. The fourth-order valence-electron chi connectivity index (χ4n) is 2.00. The van der Waals surface area contributed by atoms with Crippen LogP contribution in [0.25, 0.3) is 0 Å². The lowest BCUT2D eigenvalue weighted by Crippen LogP contribution is -2.16. The third kappa shape index (κ3) is 2.48. The number of nitrogens with two attached hydrogens (primary N) is 1. The van der Waals surface area contributed by atoms with Crippen molar-refractivity contribution in [2.45, 2.75) is 18.4 Å². The summed E-state index contributed by atoms with van der Waals surface area (Å²) in [5.74, 6) is 0.567. The number of halogens is 2. The largest absolute Gasteiger partial charge is 0.466 e. The van der Waals surface area contributed by atoms with Gasteiger partial charge in [-0.25, -0.2) is 4.98 Å². The number of hydrogen-bond acceptors (Lipinski definition) is 3. The molecule has 0 saturated heterocycles. The van der Waals surface area contributed by atoms with Crippen LogP contribution in [0.4, 0.5) is 5.69 Å². The van der Waals surface area contributed by atoms with Crippen LogP contribution < -0.4 is 10.5 Å². The number of nitrogen functional groups attached to an aromatic ring is 1. The van der Waals surface area contributed by atoms with Gasteiger partial charge in [-0.2, -0.15) is 0 Å². The molecule has 98 valence electrons. The lowest BCUT2D eigenvalue weighted by Gasteiger charge is -2.18. The van der Waals surface area contributed by atoms with Gasteiger partial charge in [0.15, 0.2) is 0 Å². The van der Waals surface area contributed by atoms with Gasteiger partial charge in [-0.15, -0.1) is 0 Å². The number of ether oxygens (including phenoxy) is 1. The van der Waals surface area contributed by atoms with Crippen LogP contribution in [0.1, 0.15) is 18.4 Å². The minimum atomic E-state index is -0.322. The molecule has 1 heterocycles. The van der Waals surface area contributed by atoms with Gasteiger partial charge in [0.25, 0.3) is 0 Å². The molecule has 1 fully saturated rings. The maximum Gasteiger partial charge on any atom is 0.214 e. The third-order valence-corrected chi connectivity index (χ3v) is 3.95. The molecule has 19 heavy (non-hydrogen) atoms. The van der Waals surface area contributed by atoms with E-state index >= 15 is 0 Å². The van der Waals surface area contributed by atoms with E-state index in [0.29, 0.717) is 21.6 Å². The van der Waals surface area contributed by atoms with Crippen molar-refractivity contribution in [2.24, 2.45) is 0 Å². The van der Waals surface area contributed by atoms with E-state index in [0.717, 1.165) is 18.4 Å². The molecule has 1 aromatic heterocycles. The molecular weight excluding hydrogens is 283 g/mol. The number of benzene rings is 1. The Balaban J connectivity index is 1.86. The molecule has 2 aromatic rings. The van der Waals surface area contributed by atoms with Crippen LogP contribution in [0.3, 0.4) is 0 Å². The predicted molar refractivity (Wildman–Crippen MR) is 76.7 cm³/mol. The zero-order valence-corrected chi connectivity index (χ0v) is 11.6. The normalized spacial score (nSPS) is 16.1. The van der Waals surface area contributed by atoms with Crippen molar-refractivity contribution in [2.75, 3.05) is 5.73 Å². The summed E-state index contributed by atoms with van der Waals surface area (Å²) in [6, 6.07) is 9.13. The zero-order valence-electron chi connectivity index (χ0n) is 10.1. The maximum atomic E-state index is 6.05. The molecule has 5 heteroatoms. The number of anilines is 1. The second-order valence-corrected chi connectivity index (χ2v) is 5.47. The molecule has 0 atom stereocenters. The molecule has 1 saturated carbocycles. The average molecular weight is 295 g/mol. The summed E-state index contributed by atoms with van der Waals surface area (Å²) in [6.07, 6.45) is 3.47. The fraction of sp³-hybridized carbons (Fsp3) is 0.214. The lowest BCUT2D eigenvalue weighted by molar-refractivity contribution is 0.173. The van der Waals surface area contributed by atoms with E-state index in [1.54, 1.807) is 24.4 Å². The molecule has 0 unspecified atom stereocenters. The van der Waals surface area contributed by atoms with Crippen molar-refractivity contribution in [1.82, 2.24) is 4.98 Å². The van der Waals surface area contributed by atoms with Crippen molar-refractivity contribution in [3.05, 3.63) is 52.1 Å². The first-order chi connectivity index (χ1) is 9.09. The Bertz CT molecular complexity index is 609. The Labute approximate surface area is 121 Å². The minimum absolute atomic E-state index is 0.322. The molecule has 1 aliphatic carbocycles. The Hall–Kier alpha value is -1.45. The molecule has 0 bridgehead atoms. The highest BCUT2D eigenvalue weighted by Crippen LogP contribution is 2.49. The van der Waals surface area contributed by atoms with E-state index in [-0.39, 0.29) is 5.60 Å². The first-order valence-electron chi connectivity index (χ1n) is 5.95. The van der Waals surface area contributed by atoms with Crippen LogP contribution >= 0.6 is 23.2 Å². The van der Waals surface area contributed by atoms with Gasteiger partial charge in [0.05, 0.1) is 21.9 Å². The highest BCUT2D eigenvalue weighted by atomic mass is 35.5. The van der Waals surface area contributed by atoms with E-state index in [2.05, 4.69) is 4.98 Å². The molecule has 0 amide bonds. The quantitative estimate of drug-likeness (QED) is 0.929. The standard InChI is InChI=1S/C14H12Cl2N2O/c15-11-3-1-9(7-12(11)16)14(5-6-14)19-13-4-2-10(17)8-18-13/h1-4,7-8H,5-6,17H2. The van der Waals surface area contributed by atoms with Crippen molar-refractivity contribution in [3.63, 3.8) is 0 Å². The van der Waals surface area contributed by atoms with Gasteiger partial charge in [0.2, 0.25) is 5.88 Å². The molecule has 0 aliphatic heterocycles. The fourth-order valence-corrected chi connectivity index (χ4v) is 2.29. The van der Waals surface area contributed by atoms with Gasteiger partial charge in [-0.3, -0.25) is 0 Å². The number of pyridine rings is 1. The zero-order chi connectivity index (χ0) is 13.5. The van der Waals surface area contributed by atoms with Gasteiger partial charge in [-0.05, 0) is 36.6 Å². The summed E-state index contributed by atoms with van der Waals surface area (Å²) >= 11 is 12.0. The van der Waals surface area contributed by atoms with Gasteiger partial charge in [0, 0.05) is 6.07 Å². The summed E-state index contributed by atoms with van der Waals surface area (Å²) in [5.41, 5.74) is 6.93. The highest BCUT2D eigenvalue weighted by Gasteiger charge is 2.47. The van der Waals surface area contributed by atoms with Crippen LogP contribution in [0.15, 0.2) is 36.5 Å². The van der Waals surface area contributed by atoms with Crippen LogP contribution in [0.5, 0.6) is 5.88 Å². The molecule has 2 N–H and O–H groups in total. The van der Waals surface area contributed by atoms with Crippen LogP contribution in [-0.4, -0.2) is 4.98 Å². The maximum absolute atomic E-state index is 6.05.